The Labute approximate surface area is 119 Å². The van der Waals surface area contributed by atoms with E-state index < -0.39 is 0 Å². The highest BCUT2D eigenvalue weighted by molar-refractivity contribution is 6.30. The van der Waals surface area contributed by atoms with Crippen LogP contribution in [0.5, 0.6) is 0 Å². The first-order valence-electron chi connectivity index (χ1n) is 6.90. The third-order valence-corrected chi connectivity index (χ3v) is 4.16. The topological polar surface area (TPSA) is 21.3 Å². The van der Waals surface area contributed by atoms with Crippen molar-refractivity contribution in [3.8, 4) is 0 Å². The summed E-state index contributed by atoms with van der Waals surface area (Å²) in [7, 11) is 0. The smallest absolute Gasteiger partial charge is 0.142 e. The third-order valence-electron chi connectivity index (χ3n) is 3.86. The summed E-state index contributed by atoms with van der Waals surface area (Å²) in [6.45, 7) is 5.94. The van der Waals surface area contributed by atoms with Gasteiger partial charge in [0.15, 0.2) is 0 Å². The van der Waals surface area contributed by atoms with Gasteiger partial charge in [-0.15, -0.1) is 0 Å². The number of benzene rings is 1. The number of hydrogen-bond donors (Lipinski definition) is 1. The van der Waals surface area contributed by atoms with Gasteiger partial charge in [0.25, 0.3) is 0 Å². The lowest BCUT2D eigenvalue weighted by Gasteiger charge is -2.26. The first-order valence-corrected chi connectivity index (χ1v) is 7.28. The molecule has 2 nitrogen and oxygen atoms in total. The Morgan fingerprint density at radius 1 is 1.53 bits per heavy atom. The predicted octanol–water partition coefficient (Wildman–Crippen LogP) is 3.42. The maximum Gasteiger partial charge on any atom is 0.142 e. The second kappa shape index (κ2) is 6.69. The van der Waals surface area contributed by atoms with Crippen molar-refractivity contribution in [3.05, 3.63) is 34.6 Å². The van der Waals surface area contributed by atoms with Gasteiger partial charge in [0.1, 0.15) is 5.82 Å². The Hall–Kier alpha value is -0.640. The molecular formula is C15H21ClFNO. The van der Waals surface area contributed by atoms with E-state index in [1.807, 2.05) is 6.07 Å². The summed E-state index contributed by atoms with van der Waals surface area (Å²) in [5.41, 5.74) is 0.979. The van der Waals surface area contributed by atoms with Crippen LogP contribution in [0, 0.1) is 11.7 Å². The maximum atomic E-state index is 13.5. The van der Waals surface area contributed by atoms with Gasteiger partial charge in [-0.3, -0.25) is 0 Å². The van der Waals surface area contributed by atoms with E-state index in [0.717, 1.165) is 31.6 Å². The van der Waals surface area contributed by atoms with Crippen molar-refractivity contribution in [2.24, 2.45) is 5.92 Å². The van der Waals surface area contributed by atoms with E-state index in [9.17, 15) is 4.39 Å². The van der Waals surface area contributed by atoms with Gasteiger partial charge in [-0.25, -0.2) is 4.39 Å². The summed E-state index contributed by atoms with van der Waals surface area (Å²) in [5, 5.41) is 3.68. The minimum Gasteiger partial charge on any atom is -0.378 e. The fourth-order valence-electron chi connectivity index (χ4n) is 2.83. The molecule has 0 amide bonds. The molecule has 1 N–H and O–H groups in total. The zero-order valence-corrected chi connectivity index (χ0v) is 12.2. The fraction of sp³-hybridized carbons (Fsp3) is 0.600. The van der Waals surface area contributed by atoms with Crippen molar-refractivity contribution >= 4 is 11.6 Å². The van der Waals surface area contributed by atoms with Gasteiger partial charge in [-0.2, -0.15) is 0 Å². The van der Waals surface area contributed by atoms with E-state index >= 15 is 0 Å². The highest BCUT2D eigenvalue weighted by atomic mass is 35.5. The maximum absolute atomic E-state index is 13.5. The van der Waals surface area contributed by atoms with Gasteiger partial charge in [0.05, 0.1) is 11.1 Å². The first kappa shape index (κ1) is 14.8. The number of nitrogens with one attached hydrogen (secondary N) is 1. The highest BCUT2D eigenvalue weighted by Crippen LogP contribution is 2.26. The number of rotatable bonds is 5. The van der Waals surface area contributed by atoms with Crippen molar-refractivity contribution in [1.82, 2.24) is 5.32 Å². The van der Waals surface area contributed by atoms with Crippen LogP contribution in [0.15, 0.2) is 18.2 Å². The molecule has 0 aliphatic carbocycles. The van der Waals surface area contributed by atoms with Crippen LogP contribution < -0.4 is 5.32 Å². The van der Waals surface area contributed by atoms with Gasteiger partial charge in [0.2, 0.25) is 0 Å². The lowest BCUT2D eigenvalue weighted by Crippen LogP contribution is -2.40. The Bertz CT molecular complexity index is 427. The standard InChI is InChI=1S/C15H21ClFNO/c1-3-18-15(12-6-7-19-10(12)2)9-11-4-5-13(16)14(17)8-11/h4-5,8,10,12,15,18H,3,6-7,9H2,1-2H3. The number of ether oxygens (including phenoxy) is 1. The zero-order valence-electron chi connectivity index (χ0n) is 11.5. The Balaban J connectivity index is 2.09. The minimum absolute atomic E-state index is 0.182. The van der Waals surface area contributed by atoms with E-state index in [1.54, 1.807) is 6.07 Å². The second-order valence-electron chi connectivity index (χ2n) is 5.15. The summed E-state index contributed by atoms with van der Waals surface area (Å²) in [4.78, 5) is 0. The second-order valence-corrected chi connectivity index (χ2v) is 5.55. The molecule has 3 unspecified atom stereocenters. The van der Waals surface area contributed by atoms with Crippen LogP contribution in [0.25, 0.3) is 0 Å². The van der Waals surface area contributed by atoms with Crippen molar-refractivity contribution in [2.75, 3.05) is 13.2 Å². The molecule has 1 fully saturated rings. The Morgan fingerprint density at radius 2 is 2.32 bits per heavy atom. The summed E-state index contributed by atoms with van der Waals surface area (Å²) in [6.07, 6.45) is 2.14. The lowest BCUT2D eigenvalue weighted by atomic mass is 9.89. The van der Waals surface area contributed by atoms with Crippen LogP contribution in [-0.2, 0) is 11.2 Å². The molecule has 3 atom stereocenters. The summed E-state index contributed by atoms with van der Waals surface area (Å²) < 4.78 is 19.1. The molecule has 2 rings (SSSR count). The molecule has 0 bridgehead atoms. The first-order chi connectivity index (χ1) is 9.11. The molecule has 106 valence electrons. The fourth-order valence-corrected chi connectivity index (χ4v) is 2.95. The summed E-state index contributed by atoms with van der Waals surface area (Å²) >= 11 is 5.72. The van der Waals surface area contributed by atoms with Gasteiger partial charge >= 0.3 is 0 Å². The van der Waals surface area contributed by atoms with E-state index in [0.29, 0.717) is 12.0 Å². The van der Waals surface area contributed by atoms with Crippen LogP contribution in [0.1, 0.15) is 25.8 Å². The molecule has 19 heavy (non-hydrogen) atoms. The molecule has 0 aromatic heterocycles. The molecule has 1 saturated heterocycles. The predicted molar refractivity (Wildman–Crippen MR) is 76.1 cm³/mol. The third kappa shape index (κ3) is 3.68. The Morgan fingerprint density at radius 3 is 2.89 bits per heavy atom. The van der Waals surface area contributed by atoms with Gasteiger partial charge in [-0.1, -0.05) is 24.6 Å². The molecule has 0 spiro atoms. The minimum atomic E-state index is -0.342. The van der Waals surface area contributed by atoms with E-state index in [4.69, 9.17) is 16.3 Å². The van der Waals surface area contributed by atoms with E-state index in [2.05, 4.69) is 19.2 Å². The van der Waals surface area contributed by atoms with Crippen molar-refractivity contribution in [1.29, 1.82) is 0 Å². The molecule has 0 saturated carbocycles. The molecular weight excluding hydrogens is 265 g/mol. The van der Waals surface area contributed by atoms with Crippen LogP contribution >= 0.6 is 11.6 Å². The van der Waals surface area contributed by atoms with Crippen molar-refractivity contribution in [3.63, 3.8) is 0 Å². The summed E-state index contributed by atoms with van der Waals surface area (Å²) in [6, 6.07) is 5.38. The monoisotopic (exact) mass is 285 g/mol. The van der Waals surface area contributed by atoms with Crippen LogP contribution in [0.4, 0.5) is 4.39 Å². The van der Waals surface area contributed by atoms with Gasteiger partial charge < -0.3 is 10.1 Å². The SMILES string of the molecule is CCNC(Cc1ccc(Cl)c(F)c1)C1CCOC1C. The van der Waals surface area contributed by atoms with Gasteiger partial charge in [0, 0.05) is 18.6 Å². The van der Waals surface area contributed by atoms with Crippen molar-refractivity contribution in [2.45, 2.75) is 38.8 Å². The van der Waals surface area contributed by atoms with Crippen LogP contribution in [-0.4, -0.2) is 25.3 Å². The number of halogens is 2. The number of likely N-dealkylation sites (N-methyl/N-ethyl adjacent to an activating group) is 1. The normalized spacial score (nSPS) is 24.6. The van der Waals surface area contributed by atoms with E-state index in [1.165, 1.54) is 6.07 Å². The van der Waals surface area contributed by atoms with E-state index in [-0.39, 0.29) is 16.9 Å². The quantitative estimate of drug-likeness (QED) is 0.895. The number of hydrogen-bond acceptors (Lipinski definition) is 2. The van der Waals surface area contributed by atoms with Crippen LogP contribution in [0.2, 0.25) is 5.02 Å². The summed E-state index contributed by atoms with van der Waals surface area (Å²) in [5.74, 6) is 0.142. The molecule has 0 radical (unpaired) electrons. The molecule has 4 heteroatoms. The molecule has 1 aromatic rings. The Kier molecular flexibility index (Phi) is 5.20. The average Bonchev–Trinajstić information content (AvgIpc) is 2.79. The van der Waals surface area contributed by atoms with Crippen LogP contribution in [0.3, 0.4) is 0 Å². The molecule has 1 aliphatic rings. The highest BCUT2D eigenvalue weighted by Gasteiger charge is 2.31. The average molecular weight is 286 g/mol. The van der Waals surface area contributed by atoms with Gasteiger partial charge in [-0.05, 0) is 44.0 Å². The van der Waals surface area contributed by atoms with Crippen molar-refractivity contribution < 1.29 is 9.13 Å². The molecule has 1 aliphatic heterocycles. The molecule has 1 aromatic carbocycles. The molecule has 1 heterocycles. The lowest BCUT2D eigenvalue weighted by molar-refractivity contribution is 0.0956. The zero-order chi connectivity index (χ0) is 13.8. The largest absolute Gasteiger partial charge is 0.378 e.